The molecule has 0 saturated heterocycles. The van der Waals surface area contributed by atoms with Crippen LogP contribution in [0.4, 0.5) is 0 Å². The SMILES string of the molecule is CCCCOC(CBr)c1cccc(Br)c1. The summed E-state index contributed by atoms with van der Waals surface area (Å²) in [4.78, 5) is 0. The van der Waals surface area contributed by atoms with E-state index in [4.69, 9.17) is 4.74 Å². The minimum atomic E-state index is 0.161. The molecule has 84 valence electrons. The van der Waals surface area contributed by atoms with E-state index < -0.39 is 0 Å². The van der Waals surface area contributed by atoms with Gasteiger partial charge in [-0.2, -0.15) is 0 Å². The summed E-state index contributed by atoms with van der Waals surface area (Å²) < 4.78 is 6.91. The molecule has 1 nitrogen and oxygen atoms in total. The van der Waals surface area contributed by atoms with Crippen LogP contribution in [0.5, 0.6) is 0 Å². The van der Waals surface area contributed by atoms with Crippen LogP contribution in [0.15, 0.2) is 28.7 Å². The Bertz CT molecular complexity index is 289. The Morgan fingerprint density at radius 3 is 2.80 bits per heavy atom. The van der Waals surface area contributed by atoms with E-state index in [9.17, 15) is 0 Å². The molecule has 0 bridgehead atoms. The van der Waals surface area contributed by atoms with Gasteiger partial charge in [0.15, 0.2) is 0 Å². The molecular formula is C12H16Br2O. The van der Waals surface area contributed by atoms with Gasteiger partial charge in [-0.15, -0.1) is 0 Å². The van der Waals surface area contributed by atoms with Crippen LogP contribution in [0.2, 0.25) is 0 Å². The molecule has 0 aromatic heterocycles. The van der Waals surface area contributed by atoms with Crippen molar-refractivity contribution in [3.05, 3.63) is 34.3 Å². The minimum absolute atomic E-state index is 0.161. The number of rotatable bonds is 6. The minimum Gasteiger partial charge on any atom is -0.373 e. The quantitative estimate of drug-likeness (QED) is 0.540. The third-order valence-corrected chi connectivity index (χ3v) is 3.26. The molecule has 15 heavy (non-hydrogen) atoms. The van der Waals surface area contributed by atoms with E-state index in [0.29, 0.717) is 0 Å². The van der Waals surface area contributed by atoms with Crippen molar-refractivity contribution in [1.29, 1.82) is 0 Å². The van der Waals surface area contributed by atoms with E-state index in [1.54, 1.807) is 0 Å². The molecule has 0 aliphatic carbocycles. The number of benzene rings is 1. The lowest BCUT2D eigenvalue weighted by Crippen LogP contribution is -2.06. The third-order valence-electron chi connectivity index (χ3n) is 2.18. The standard InChI is InChI=1S/C12H16Br2O/c1-2-3-7-15-12(9-13)10-5-4-6-11(14)8-10/h4-6,8,12H,2-3,7,9H2,1H3. The Morgan fingerprint density at radius 2 is 2.20 bits per heavy atom. The second kappa shape index (κ2) is 7.42. The molecule has 0 spiro atoms. The van der Waals surface area contributed by atoms with Crippen molar-refractivity contribution in [2.75, 3.05) is 11.9 Å². The highest BCUT2D eigenvalue weighted by Crippen LogP contribution is 2.23. The molecule has 1 atom stereocenters. The van der Waals surface area contributed by atoms with E-state index in [2.05, 4.69) is 50.9 Å². The van der Waals surface area contributed by atoms with Crippen LogP contribution in [-0.4, -0.2) is 11.9 Å². The molecule has 0 N–H and O–H groups in total. The number of hydrogen-bond donors (Lipinski definition) is 0. The maximum Gasteiger partial charge on any atom is 0.0922 e. The fraction of sp³-hybridized carbons (Fsp3) is 0.500. The van der Waals surface area contributed by atoms with Gasteiger partial charge in [0, 0.05) is 16.4 Å². The number of ether oxygens (including phenoxy) is 1. The highest BCUT2D eigenvalue weighted by molar-refractivity contribution is 9.10. The van der Waals surface area contributed by atoms with Crippen molar-refractivity contribution in [3.8, 4) is 0 Å². The Labute approximate surface area is 108 Å². The fourth-order valence-corrected chi connectivity index (χ4v) is 2.28. The van der Waals surface area contributed by atoms with Crippen LogP contribution in [0.1, 0.15) is 31.4 Å². The van der Waals surface area contributed by atoms with Gasteiger partial charge >= 0.3 is 0 Å². The average Bonchev–Trinajstić information content (AvgIpc) is 2.24. The molecule has 1 rings (SSSR count). The van der Waals surface area contributed by atoms with Gasteiger partial charge in [0.2, 0.25) is 0 Å². The van der Waals surface area contributed by atoms with Crippen molar-refractivity contribution in [3.63, 3.8) is 0 Å². The summed E-state index contributed by atoms with van der Waals surface area (Å²) in [6, 6.07) is 8.28. The van der Waals surface area contributed by atoms with Crippen LogP contribution in [0.25, 0.3) is 0 Å². The third kappa shape index (κ3) is 4.66. The summed E-state index contributed by atoms with van der Waals surface area (Å²) in [5, 5.41) is 0.840. The molecule has 0 fully saturated rings. The first-order chi connectivity index (χ1) is 7.27. The first-order valence-electron chi connectivity index (χ1n) is 5.21. The molecule has 1 aromatic rings. The number of unbranched alkanes of at least 4 members (excludes halogenated alkanes) is 1. The van der Waals surface area contributed by atoms with Crippen molar-refractivity contribution in [2.24, 2.45) is 0 Å². The first-order valence-corrected chi connectivity index (χ1v) is 7.12. The molecule has 3 heteroatoms. The van der Waals surface area contributed by atoms with Crippen LogP contribution in [0.3, 0.4) is 0 Å². The van der Waals surface area contributed by atoms with Gasteiger partial charge in [0.05, 0.1) is 6.10 Å². The zero-order valence-electron chi connectivity index (χ0n) is 8.88. The van der Waals surface area contributed by atoms with Crippen LogP contribution in [-0.2, 0) is 4.74 Å². The summed E-state index contributed by atoms with van der Waals surface area (Å²) >= 11 is 6.96. The van der Waals surface area contributed by atoms with Crippen molar-refractivity contribution >= 4 is 31.9 Å². The summed E-state index contributed by atoms with van der Waals surface area (Å²) in [6.45, 7) is 3.00. The smallest absolute Gasteiger partial charge is 0.0922 e. The van der Waals surface area contributed by atoms with Crippen LogP contribution < -0.4 is 0 Å². The maximum absolute atomic E-state index is 5.81. The maximum atomic E-state index is 5.81. The van der Waals surface area contributed by atoms with E-state index in [0.717, 1.165) is 22.8 Å². The monoisotopic (exact) mass is 334 g/mol. The number of hydrogen-bond acceptors (Lipinski definition) is 1. The van der Waals surface area contributed by atoms with Crippen molar-refractivity contribution < 1.29 is 4.74 Å². The summed E-state index contributed by atoms with van der Waals surface area (Å²) in [5.74, 6) is 0. The summed E-state index contributed by atoms with van der Waals surface area (Å²) in [5.41, 5.74) is 1.22. The summed E-state index contributed by atoms with van der Waals surface area (Å²) in [7, 11) is 0. The van der Waals surface area contributed by atoms with E-state index in [1.807, 2.05) is 12.1 Å². The molecule has 0 saturated carbocycles. The zero-order valence-corrected chi connectivity index (χ0v) is 12.1. The molecule has 1 aromatic carbocycles. The van der Waals surface area contributed by atoms with Gasteiger partial charge in [-0.05, 0) is 24.1 Å². The van der Waals surface area contributed by atoms with E-state index >= 15 is 0 Å². The topological polar surface area (TPSA) is 9.23 Å². The lowest BCUT2D eigenvalue weighted by molar-refractivity contribution is 0.0677. The molecule has 0 amide bonds. The Hall–Kier alpha value is 0.140. The molecular weight excluding hydrogens is 320 g/mol. The molecule has 0 heterocycles. The molecule has 1 unspecified atom stereocenters. The van der Waals surface area contributed by atoms with Gasteiger partial charge < -0.3 is 4.74 Å². The Morgan fingerprint density at radius 1 is 1.40 bits per heavy atom. The molecule has 0 aliphatic rings. The number of alkyl halides is 1. The highest BCUT2D eigenvalue weighted by Gasteiger charge is 2.10. The van der Waals surface area contributed by atoms with E-state index in [1.165, 1.54) is 12.0 Å². The largest absolute Gasteiger partial charge is 0.373 e. The van der Waals surface area contributed by atoms with Gasteiger partial charge in [-0.3, -0.25) is 0 Å². The van der Waals surface area contributed by atoms with Gasteiger partial charge in [0.25, 0.3) is 0 Å². The second-order valence-corrected chi connectivity index (χ2v) is 4.99. The van der Waals surface area contributed by atoms with Crippen LogP contribution >= 0.6 is 31.9 Å². The average molecular weight is 336 g/mol. The Balaban J connectivity index is 2.57. The molecule has 0 aliphatic heterocycles. The normalized spacial score (nSPS) is 12.7. The zero-order chi connectivity index (χ0) is 11.1. The summed E-state index contributed by atoms with van der Waals surface area (Å²) in [6.07, 6.45) is 2.46. The Kier molecular flexibility index (Phi) is 6.53. The van der Waals surface area contributed by atoms with Crippen molar-refractivity contribution in [1.82, 2.24) is 0 Å². The highest BCUT2D eigenvalue weighted by atomic mass is 79.9. The first kappa shape index (κ1) is 13.2. The predicted molar refractivity (Wildman–Crippen MR) is 71.5 cm³/mol. The van der Waals surface area contributed by atoms with Gasteiger partial charge in [0.1, 0.15) is 0 Å². The van der Waals surface area contributed by atoms with Gasteiger partial charge in [-0.1, -0.05) is 57.3 Å². The molecule has 0 radical (unpaired) electrons. The lowest BCUT2D eigenvalue weighted by Gasteiger charge is -2.15. The van der Waals surface area contributed by atoms with E-state index in [-0.39, 0.29) is 6.10 Å². The predicted octanol–water partition coefficient (Wildman–Crippen LogP) is 4.70. The lowest BCUT2D eigenvalue weighted by atomic mass is 10.1. The fourth-order valence-electron chi connectivity index (χ4n) is 1.31. The van der Waals surface area contributed by atoms with Crippen molar-refractivity contribution in [2.45, 2.75) is 25.9 Å². The second-order valence-electron chi connectivity index (χ2n) is 3.42. The number of halogens is 2. The van der Waals surface area contributed by atoms with Crippen LogP contribution in [0, 0.1) is 0 Å². The van der Waals surface area contributed by atoms with Gasteiger partial charge in [-0.25, -0.2) is 0 Å².